The van der Waals surface area contributed by atoms with Crippen LogP contribution in [0.2, 0.25) is 0 Å². The first-order valence-corrected chi connectivity index (χ1v) is 8.33. The van der Waals surface area contributed by atoms with Crippen LogP contribution in [0.15, 0.2) is 0 Å². The van der Waals surface area contributed by atoms with Crippen LogP contribution in [0.1, 0.15) is 60.8 Å². The van der Waals surface area contributed by atoms with Crippen molar-refractivity contribution in [1.29, 1.82) is 0 Å². The first-order valence-electron chi connectivity index (χ1n) is 6.69. The quantitative estimate of drug-likeness (QED) is 0.472. The molecule has 0 aliphatic carbocycles. The molecular weight excluding hydrogens is 323 g/mol. The van der Waals surface area contributed by atoms with E-state index in [4.69, 9.17) is 14.2 Å². The number of hydrogen-bond acceptors (Lipinski definition) is 3. The summed E-state index contributed by atoms with van der Waals surface area (Å²) in [4.78, 5) is 0. The molecule has 0 aromatic heterocycles. The molecular formula is C13H28O3Sn. The second kappa shape index (κ2) is 8.72. The Hall–Kier alpha value is 0.679. The fourth-order valence-corrected chi connectivity index (χ4v) is 3.16. The summed E-state index contributed by atoms with van der Waals surface area (Å²) in [5.41, 5.74) is 0. The molecule has 0 fully saturated rings. The van der Waals surface area contributed by atoms with E-state index in [-0.39, 0.29) is 18.3 Å². The Morgan fingerprint density at radius 2 is 1.00 bits per heavy atom. The van der Waals surface area contributed by atoms with Gasteiger partial charge in [0.2, 0.25) is 0 Å². The summed E-state index contributed by atoms with van der Waals surface area (Å²) in [6, 6.07) is 0. The van der Waals surface area contributed by atoms with E-state index < -0.39 is 3.99 Å². The first-order chi connectivity index (χ1) is 7.86. The topological polar surface area (TPSA) is 27.7 Å². The Balaban J connectivity index is 4.55. The first kappa shape index (κ1) is 17.7. The van der Waals surface area contributed by atoms with Gasteiger partial charge in [-0.3, -0.25) is 0 Å². The molecule has 17 heavy (non-hydrogen) atoms. The Labute approximate surface area is 120 Å². The van der Waals surface area contributed by atoms with Gasteiger partial charge in [0, 0.05) is 0 Å². The zero-order chi connectivity index (χ0) is 13.5. The van der Waals surface area contributed by atoms with Crippen LogP contribution < -0.4 is 0 Å². The summed E-state index contributed by atoms with van der Waals surface area (Å²) in [5.74, 6) is 0. The number of hydrogen-bond donors (Lipinski definition) is 0. The Kier molecular flexibility index (Phi) is 9.07. The van der Waals surface area contributed by atoms with E-state index in [0.717, 1.165) is 41.8 Å². The van der Waals surface area contributed by atoms with Crippen molar-refractivity contribution in [2.45, 2.75) is 83.1 Å². The third kappa shape index (κ3) is 7.65. The van der Waals surface area contributed by atoms with Gasteiger partial charge in [-0.15, -0.1) is 0 Å². The Morgan fingerprint density at radius 1 is 0.765 bits per heavy atom. The average molecular weight is 351 g/mol. The maximum atomic E-state index is 5.95. The van der Waals surface area contributed by atoms with Gasteiger partial charge in [0.1, 0.15) is 0 Å². The minimum atomic E-state index is -0.800. The number of rotatable bonds is 9. The molecule has 0 saturated heterocycles. The van der Waals surface area contributed by atoms with E-state index >= 15 is 0 Å². The fourth-order valence-electron chi connectivity index (χ4n) is 1.17. The molecule has 2 radical (unpaired) electrons. The molecule has 0 heterocycles. The van der Waals surface area contributed by atoms with Crippen LogP contribution >= 0.6 is 0 Å². The Bertz CT molecular complexity index is 168. The van der Waals surface area contributed by atoms with E-state index in [1.807, 2.05) is 0 Å². The molecule has 0 aromatic carbocycles. The summed E-state index contributed by atoms with van der Waals surface area (Å²) in [6.45, 7) is 12.5. The molecule has 3 unspecified atom stereocenters. The molecule has 0 aliphatic rings. The van der Waals surface area contributed by atoms with Crippen molar-refractivity contribution in [2.24, 2.45) is 0 Å². The fraction of sp³-hybridized carbons (Fsp3) is 1.00. The SMILES string of the molecule is CCC(C)O[C]([SnH])(OC(C)CC)OC(C)CC. The van der Waals surface area contributed by atoms with Gasteiger partial charge in [-0.05, 0) is 0 Å². The molecule has 3 atom stereocenters. The van der Waals surface area contributed by atoms with Gasteiger partial charge in [0.25, 0.3) is 0 Å². The summed E-state index contributed by atoms with van der Waals surface area (Å²) in [5, 5.41) is 0. The van der Waals surface area contributed by atoms with Crippen LogP contribution in [0.5, 0.6) is 0 Å². The molecule has 0 bridgehead atoms. The molecule has 0 spiro atoms. The molecule has 102 valence electrons. The van der Waals surface area contributed by atoms with Crippen molar-refractivity contribution in [3.8, 4) is 0 Å². The van der Waals surface area contributed by atoms with Gasteiger partial charge in [-0.1, -0.05) is 0 Å². The predicted octanol–water partition coefficient (Wildman–Crippen LogP) is 2.94. The van der Waals surface area contributed by atoms with Gasteiger partial charge in [0.05, 0.1) is 0 Å². The second-order valence-corrected chi connectivity index (χ2v) is 6.63. The standard InChI is InChI=1S/C13H27O3.Sn.H/c1-7-10(4)14-13(15-11(5)8-2)16-12(6)9-3;;/h10-12H,7-9H2,1-6H3;;. The van der Waals surface area contributed by atoms with Crippen LogP contribution in [0, 0.1) is 0 Å². The van der Waals surface area contributed by atoms with E-state index in [0.29, 0.717) is 0 Å². The molecule has 0 aromatic rings. The van der Waals surface area contributed by atoms with Crippen molar-refractivity contribution >= 4 is 22.5 Å². The molecule has 0 amide bonds. The van der Waals surface area contributed by atoms with Crippen LogP contribution in [0.25, 0.3) is 0 Å². The van der Waals surface area contributed by atoms with Gasteiger partial charge in [0.15, 0.2) is 0 Å². The zero-order valence-electron chi connectivity index (χ0n) is 12.2. The average Bonchev–Trinajstić information content (AvgIpc) is 2.27. The van der Waals surface area contributed by atoms with Crippen LogP contribution in [0.4, 0.5) is 0 Å². The minimum absolute atomic E-state index is 0.165. The number of ether oxygens (including phenoxy) is 3. The third-order valence-electron chi connectivity index (χ3n) is 2.82. The van der Waals surface area contributed by atoms with Gasteiger partial charge in [-0.2, -0.15) is 0 Å². The van der Waals surface area contributed by atoms with Crippen molar-refractivity contribution in [3.63, 3.8) is 0 Å². The zero-order valence-corrected chi connectivity index (χ0v) is 15.5. The molecule has 4 heteroatoms. The van der Waals surface area contributed by atoms with E-state index in [9.17, 15) is 0 Å². The predicted molar refractivity (Wildman–Crippen MR) is 72.4 cm³/mol. The van der Waals surface area contributed by atoms with Crippen molar-refractivity contribution in [1.82, 2.24) is 0 Å². The van der Waals surface area contributed by atoms with Crippen molar-refractivity contribution in [3.05, 3.63) is 0 Å². The van der Waals surface area contributed by atoms with E-state index in [1.165, 1.54) is 0 Å². The molecule has 0 aliphatic heterocycles. The van der Waals surface area contributed by atoms with Crippen LogP contribution in [-0.2, 0) is 14.2 Å². The van der Waals surface area contributed by atoms with Crippen molar-refractivity contribution < 1.29 is 14.2 Å². The molecule has 0 rings (SSSR count). The van der Waals surface area contributed by atoms with E-state index in [2.05, 4.69) is 41.5 Å². The molecule has 3 nitrogen and oxygen atoms in total. The van der Waals surface area contributed by atoms with Crippen LogP contribution in [0.3, 0.4) is 0 Å². The second-order valence-electron chi connectivity index (χ2n) is 4.61. The normalized spacial score (nSPS) is 20.6. The summed E-state index contributed by atoms with van der Waals surface area (Å²) in [7, 11) is 0. The van der Waals surface area contributed by atoms with Gasteiger partial charge in [-0.25, -0.2) is 0 Å². The van der Waals surface area contributed by atoms with E-state index in [1.54, 1.807) is 0 Å². The maximum absolute atomic E-state index is 5.95. The summed E-state index contributed by atoms with van der Waals surface area (Å²) in [6.07, 6.45) is 3.40. The van der Waals surface area contributed by atoms with Crippen molar-refractivity contribution in [2.75, 3.05) is 0 Å². The molecule has 0 saturated carbocycles. The Morgan fingerprint density at radius 3 is 1.18 bits per heavy atom. The van der Waals surface area contributed by atoms with Crippen LogP contribution in [-0.4, -0.2) is 44.8 Å². The third-order valence-corrected chi connectivity index (χ3v) is 3.99. The summed E-state index contributed by atoms with van der Waals surface area (Å²) >= 11 is 0.784. The van der Waals surface area contributed by atoms with Gasteiger partial charge < -0.3 is 0 Å². The summed E-state index contributed by atoms with van der Waals surface area (Å²) < 4.78 is 17.0. The monoisotopic (exact) mass is 352 g/mol. The molecule has 0 N–H and O–H groups in total. The van der Waals surface area contributed by atoms with Gasteiger partial charge >= 0.3 is 120 Å².